The number of rotatable bonds is 1. The zero-order valence-electron chi connectivity index (χ0n) is 7.16. The Hall–Kier alpha value is -1.37. The Kier molecular flexibility index (Phi) is 2.26. The lowest BCUT2D eigenvalue weighted by molar-refractivity contribution is -0.128. The van der Waals surface area contributed by atoms with Gasteiger partial charge in [-0.25, -0.2) is 0 Å². The van der Waals surface area contributed by atoms with Crippen LogP contribution in [0.1, 0.15) is 5.82 Å². The fourth-order valence-electron chi connectivity index (χ4n) is 1.16. The van der Waals surface area contributed by atoms with Crippen LogP contribution in [0.5, 0.6) is 0 Å². The van der Waals surface area contributed by atoms with Gasteiger partial charge >= 0.3 is 6.18 Å². The molecule has 80 valence electrons. The minimum absolute atomic E-state index is 0.0525. The molecule has 2 rings (SSSR count). The van der Waals surface area contributed by atoms with Crippen LogP contribution in [0.3, 0.4) is 0 Å². The molecule has 2 heterocycles. The first-order valence-electron chi connectivity index (χ1n) is 3.87. The highest BCUT2D eigenvalue weighted by Gasteiger charge is 2.30. The predicted octanol–water partition coefficient (Wildman–Crippen LogP) is 1.88. The highest BCUT2D eigenvalue weighted by atomic mass is 35.5. The minimum atomic E-state index is -4.34. The number of nitrogens with zero attached hydrogens (tertiary/aromatic N) is 4. The summed E-state index contributed by atoms with van der Waals surface area (Å²) < 4.78 is 37.5. The summed E-state index contributed by atoms with van der Waals surface area (Å²) in [7, 11) is 0. The van der Waals surface area contributed by atoms with E-state index in [1.165, 1.54) is 12.4 Å². The maximum atomic E-state index is 12.1. The summed E-state index contributed by atoms with van der Waals surface area (Å²) in [6, 6.07) is 0. The van der Waals surface area contributed by atoms with Crippen molar-refractivity contribution in [3.63, 3.8) is 0 Å². The molecule has 0 aromatic carbocycles. The van der Waals surface area contributed by atoms with Crippen LogP contribution < -0.4 is 0 Å². The second-order valence-electron chi connectivity index (χ2n) is 2.83. The summed E-state index contributed by atoms with van der Waals surface area (Å²) in [6.45, 7) is 0. The lowest BCUT2D eigenvalue weighted by Crippen LogP contribution is -2.14. The van der Waals surface area contributed by atoms with Gasteiger partial charge in [-0.3, -0.25) is 9.38 Å². The second kappa shape index (κ2) is 3.34. The van der Waals surface area contributed by atoms with Crippen molar-refractivity contribution in [2.24, 2.45) is 0 Å². The summed E-state index contributed by atoms with van der Waals surface area (Å²) in [5, 5.41) is 6.99. The van der Waals surface area contributed by atoms with E-state index in [1.807, 2.05) is 0 Å². The Morgan fingerprint density at radius 1 is 1.27 bits per heavy atom. The number of hydrogen-bond donors (Lipinski definition) is 0. The molecule has 0 spiro atoms. The van der Waals surface area contributed by atoms with Crippen molar-refractivity contribution in [3.8, 4) is 0 Å². The molecule has 4 nitrogen and oxygen atoms in total. The molecule has 0 saturated heterocycles. The van der Waals surface area contributed by atoms with Crippen LogP contribution in [0, 0.1) is 0 Å². The van der Waals surface area contributed by atoms with Gasteiger partial charge in [-0.1, -0.05) is 11.6 Å². The average Bonchev–Trinajstić information content (AvgIpc) is 2.47. The molecular formula is C7H4ClF3N4. The van der Waals surface area contributed by atoms with Gasteiger partial charge in [0.2, 0.25) is 0 Å². The topological polar surface area (TPSA) is 43.1 Å². The molecule has 0 aliphatic rings. The van der Waals surface area contributed by atoms with Crippen LogP contribution in [0.25, 0.3) is 5.65 Å². The van der Waals surface area contributed by atoms with Gasteiger partial charge in [0.15, 0.2) is 5.65 Å². The predicted molar refractivity (Wildman–Crippen MR) is 45.6 cm³/mol. The van der Waals surface area contributed by atoms with Crippen LogP contribution in [-0.4, -0.2) is 25.8 Å². The Balaban J connectivity index is 2.53. The van der Waals surface area contributed by atoms with Gasteiger partial charge < -0.3 is 0 Å². The summed E-state index contributed by atoms with van der Waals surface area (Å²) in [6.07, 6.45) is -2.98. The smallest absolute Gasteiger partial charge is 0.266 e. The van der Waals surface area contributed by atoms with Crippen molar-refractivity contribution >= 4 is 17.2 Å². The quantitative estimate of drug-likeness (QED) is 0.759. The largest absolute Gasteiger partial charge is 0.396 e. The summed E-state index contributed by atoms with van der Waals surface area (Å²) in [4.78, 5) is 3.69. The Morgan fingerprint density at radius 2 is 2.00 bits per heavy atom. The highest BCUT2D eigenvalue weighted by molar-refractivity contribution is 6.29. The van der Waals surface area contributed by atoms with Gasteiger partial charge in [0.05, 0.1) is 12.4 Å². The van der Waals surface area contributed by atoms with Crippen LogP contribution in [0.4, 0.5) is 13.2 Å². The summed E-state index contributed by atoms with van der Waals surface area (Å²) in [5.74, 6) is -0.245. The van der Waals surface area contributed by atoms with Crippen molar-refractivity contribution in [1.82, 2.24) is 19.6 Å². The average molecular weight is 237 g/mol. The molecule has 0 radical (unpaired) electrons. The molecule has 0 fully saturated rings. The maximum absolute atomic E-state index is 12.1. The van der Waals surface area contributed by atoms with Crippen molar-refractivity contribution in [3.05, 3.63) is 23.4 Å². The van der Waals surface area contributed by atoms with E-state index >= 15 is 0 Å². The standard InChI is InChI=1S/C7H4ClF3N4/c8-4-2-12-3-6-14-13-5(15(4)6)1-7(9,10)11/h2-3H,1H2. The third-order valence-corrected chi connectivity index (χ3v) is 1.96. The van der Waals surface area contributed by atoms with E-state index in [-0.39, 0.29) is 16.6 Å². The first kappa shape index (κ1) is 10.2. The summed E-state index contributed by atoms with van der Waals surface area (Å²) in [5.41, 5.74) is 0.196. The number of alkyl halides is 3. The van der Waals surface area contributed by atoms with Gasteiger partial charge in [-0.2, -0.15) is 13.2 Å². The molecule has 0 bridgehead atoms. The Morgan fingerprint density at radius 3 is 2.67 bits per heavy atom. The molecule has 2 aromatic heterocycles. The van der Waals surface area contributed by atoms with E-state index in [0.29, 0.717) is 0 Å². The molecule has 0 N–H and O–H groups in total. The zero-order valence-corrected chi connectivity index (χ0v) is 7.92. The van der Waals surface area contributed by atoms with Gasteiger partial charge in [-0.15, -0.1) is 10.2 Å². The molecule has 2 aromatic rings. The molecule has 0 saturated carbocycles. The lowest BCUT2D eigenvalue weighted by atomic mass is 10.4. The zero-order chi connectivity index (χ0) is 11.1. The first-order valence-corrected chi connectivity index (χ1v) is 4.25. The van der Waals surface area contributed by atoms with Crippen molar-refractivity contribution in [1.29, 1.82) is 0 Å². The van der Waals surface area contributed by atoms with Gasteiger partial charge in [0.25, 0.3) is 0 Å². The molecule has 0 unspecified atom stereocenters. The van der Waals surface area contributed by atoms with E-state index in [0.717, 1.165) is 4.40 Å². The SMILES string of the molecule is FC(F)(F)Cc1nnc2cncc(Cl)n12. The minimum Gasteiger partial charge on any atom is -0.266 e. The van der Waals surface area contributed by atoms with E-state index < -0.39 is 12.6 Å². The first-order chi connectivity index (χ1) is 6.97. The van der Waals surface area contributed by atoms with Gasteiger partial charge in [0.1, 0.15) is 17.4 Å². The lowest BCUT2D eigenvalue weighted by Gasteiger charge is -2.04. The van der Waals surface area contributed by atoms with Crippen molar-refractivity contribution in [2.75, 3.05) is 0 Å². The summed E-state index contributed by atoms with van der Waals surface area (Å²) >= 11 is 5.69. The molecule has 0 aliphatic heterocycles. The fraction of sp³-hybridized carbons (Fsp3) is 0.286. The van der Waals surface area contributed by atoms with E-state index in [4.69, 9.17) is 11.6 Å². The van der Waals surface area contributed by atoms with Gasteiger partial charge in [-0.05, 0) is 0 Å². The Bertz CT molecular complexity index is 492. The Labute approximate surface area is 86.7 Å². The van der Waals surface area contributed by atoms with Gasteiger partial charge in [0, 0.05) is 0 Å². The normalized spacial score (nSPS) is 12.3. The molecule has 0 atom stereocenters. The third kappa shape index (κ3) is 2.01. The van der Waals surface area contributed by atoms with Crippen LogP contribution in [-0.2, 0) is 6.42 Å². The maximum Gasteiger partial charge on any atom is 0.396 e. The second-order valence-corrected chi connectivity index (χ2v) is 3.22. The monoisotopic (exact) mass is 236 g/mol. The molecular weight excluding hydrogens is 233 g/mol. The molecule has 15 heavy (non-hydrogen) atoms. The number of aromatic nitrogens is 4. The molecule has 8 heteroatoms. The van der Waals surface area contributed by atoms with E-state index in [2.05, 4.69) is 15.2 Å². The number of hydrogen-bond acceptors (Lipinski definition) is 3. The number of halogens is 4. The van der Waals surface area contributed by atoms with Crippen LogP contribution in [0.2, 0.25) is 5.15 Å². The molecule has 0 aliphatic carbocycles. The van der Waals surface area contributed by atoms with Crippen molar-refractivity contribution in [2.45, 2.75) is 12.6 Å². The highest BCUT2D eigenvalue weighted by Crippen LogP contribution is 2.22. The van der Waals surface area contributed by atoms with Crippen LogP contribution >= 0.6 is 11.6 Å². The fourth-order valence-corrected chi connectivity index (χ4v) is 1.40. The third-order valence-electron chi connectivity index (χ3n) is 1.70. The number of fused-ring (bicyclic) bond motifs is 1. The van der Waals surface area contributed by atoms with Crippen LogP contribution in [0.15, 0.2) is 12.4 Å². The van der Waals surface area contributed by atoms with Crippen molar-refractivity contribution < 1.29 is 13.2 Å². The van der Waals surface area contributed by atoms with E-state index in [1.54, 1.807) is 0 Å². The molecule has 0 amide bonds. The van der Waals surface area contributed by atoms with E-state index in [9.17, 15) is 13.2 Å².